The summed E-state index contributed by atoms with van der Waals surface area (Å²) in [6.07, 6.45) is 3.27. The highest BCUT2D eigenvalue weighted by Gasteiger charge is 2.37. The van der Waals surface area contributed by atoms with E-state index < -0.39 is 11.1 Å². The van der Waals surface area contributed by atoms with Gasteiger partial charge in [0.2, 0.25) is 5.91 Å². The summed E-state index contributed by atoms with van der Waals surface area (Å²) in [7, 11) is 0. The minimum Gasteiger partial charge on any atom is -0.489 e. The fraction of sp³-hybridized carbons (Fsp3) is 0.240. The number of para-hydroxylation sites is 2. The first kappa shape index (κ1) is 22.7. The molecule has 0 saturated carbocycles. The molecule has 2 saturated heterocycles. The van der Waals surface area contributed by atoms with Crippen LogP contribution in [0.1, 0.15) is 5.56 Å². The van der Waals surface area contributed by atoms with Crippen molar-refractivity contribution in [3.8, 4) is 5.75 Å². The van der Waals surface area contributed by atoms with Gasteiger partial charge in [-0.1, -0.05) is 49.1 Å². The Morgan fingerprint density at radius 3 is 2.42 bits per heavy atom. The Labute approximate surface area is 197 Å². The van der Waals surface area contributed by atoms with E-state index in [1.807, 2.05) is 48.5 Å². The number of anilines is 1. The van der Waals surface area contributed by atoms with E-state index in [-0.39, 0.29) is 17.4 Å². The molecule has 0 bridgehead atoms. The quantitative estimate of drug-likeness (QED) is 0.461. The molecule has 0 atom stereocenters. The predicted molar refractivity (Wildman–Crippen MR) is 130 cm³/mol. The van der Waals surface area contributed by atoms with Gasteiger partial charge in [-0.05, 0) is 36.0 Å². The number of nitrogens with zero attached hydrogens (tertiary/aromatic N) is 3. The van der Waals surface area contributed by atoms with Gasteiger partial charge in [0.1, 0.15) is 18.9 Å². The molecule has 7 nitrogen and oxygen atoms in total. The topological polar surface area (TPSA) is 70.2 Å². The maximum atomic E-state index is 12.9. The molecule has 2 aliphatic heterocycles. The molecule has 0 N–H and O–H groups in total. The van der Waals surface area contributed by atoms with Gasteiger partial charge in [0, 0.05) is 37.4 Å². The van der Waals surface area contributed by atoms with E-state index in [2.05, 4.69) is 11.5 Å². The van der Waals surface area contributed by atoms with Crippen LogP contribution in [0.4, 0.5) is 10.5 Å². The number of thioether (sulfide) groups is 1. The van der Waals surface area contributed by atoms with E-state index in [0.29, 0.717) is 44.1 Å². The normalized spacial score (nSPS) is 17.6. The van der Waals surface area contributed by atoms with E-state index in [4.69, 9.17) is 4.74 Å². The number of hydrogen-bond donors (Lipinski definition) is 0. The Bertz CT molecular complexity index is 1080. The van der Waals surface area contributed by atoms with Crippen molar-refractivity contribution < 1.29 is 19.1 Å². The number of imide groups is 1. The molecule has 0 radical (unpaired) electrons. The summed E-state index contributed by atoms with van der Waals surface area (Å²) < 4.78 is 5.62. The Balaban J connectivity index is 1.38. The predicted octanol–water partition coefficient (Wildman–Crippen LogP) is 3.64. The fourth-order valence-electron chi connectivity index (χ4n) is 3.75. The minimum atomic E-state index is -0.459. The molecule has 0 aromatic heterocycles. The molecular weight excluding hydrogens is 438 g/mol. The summed E-state index contributed by atoms with van der Waals surface area (Å²) in [5.74, 6) is -0.0858. The number of hydrogen-bond acceptors (Lipinski definition) is 6. The summed E-state index contributed by atoms with van der Waals surface area (Å²) >= 11 is 0.839. The summed E-state index contributed by atoms with van der Waals surface area (Å²) in [6, 6.07) is 17.3. The molecule has 0 aliphatic carbocycles. The summed E-state index contributed by atoms with van der Waals surface area (Å²) in [6.45, 7) is 6.23. The average molecular weight is 464 g/mol. The summed E-state index contributed by atoms with van der Waals surface area (Å²) in [5.41, 5.74) is 1.81. The van der Waals surface area contributed by atoms with Gasteiger partial charge < -0.3 is 14.5 Å². The van der Waals surface area contributed by atoms with E-state index in [1.165, 1.54) is 0 Å². The first-order valence-corrected chi connectivity index (χ1v) is 11.5. The van der Waals surface area contributed by atoms with Crippen molar-refractivity contribution in [3.63, 3.8) is 0 Å². The third kappa shape index (κ3) is 5.28. The molecule has 4 rings (SSSR count). The van der Waals surface area contributed by atoms with E-state index in [1.54, 1.807) is 23.1 Å². The van der Waals surface area contributed by atoms with Gasteiger partial charge in [0.25, 0.3) is 11.1 Å². The van der Waals surface area contributed by atoms with Crippen LogP contribution in [0.5, 0.6) is 5.75 Å². The van der Waals surface area contributed by atoms with Crippen molar-refractivity contribution in [3.05, 3.63) is 77.7 Å². The van der Waals surface area contributed by atoms with Gasteiger partial charge in [-0.2, -0.15) is 0 Å². The Kier molecular flexibility index (Phi) is 7.14. The first-order valence-electron chi connectivity index (χ1n) is 10.7. The maximum Gasteiger partial charge on any atom is 0.294 e. The SMILES string of the molecule is C=CCOc1ccccc1/C=C1\SC(=O)N(CC(=O)N2CCN(c3ccccc3)CC2)C1=O. The van der Waals surface area contributed by atoms with Crippen LogP contribution < -0.4 is 9.64 Å². The van der Waals surface area contributed by atoms with Gasteiger partial charge in [-0.25, -0.2) is 0 Å². The molecule has 2 aliphatic rings. The molecule has 170 valence electrons. The van der Waals surface area contributed by atoms with Crippen LogP contribution in [0.3, 0.4) is 0 Å². The van der Waals surface area contributed by atoms with Gasteiger partial charge in [0.05, 0.1) is 4.91 Å². The molecule has 33 heavy (non-hydrogen) atoms. The van der Waals surface area contributed by atoms with Crippen LogP contribution in [-0.2, 0) is 9.59 Å². The van der Waals surface area contributed by atoms with Crippen LogP contribution in [0.15, 0.2) is 72.2 Å². The highest BCUT2D eigenvalue weighted by atomic mass is 32.2. The number of carbonyl (C=O) groups excluding carboxylic acids is 3. The van der Waals surface area contributed by atoms with Crippen LogP contribution >= 0.6 is 11.8 Å². The Morgan fingerprint density at radius 2 is 1.70 bits per heavy atom. The van der Waals surface area contributed by atoms with Crippen molar-refractivity contribution in [2.45, 2.75) is 0 Å². The number of ether oxygens (including phenoxy) is 1. The Morgan fingerprint density at radius 1 is 1.00 bits per heavy atom. The molecule has 2 heterocycles. The summed E-state index contributed by atoms with van der Waals surface area (Å²) in [5, 5.41) is -0.438. The number of benzene rings is 2. The lowest BCUT2D eigenvalue weighted by Crippen LogP contribution is -2.51. The second kappa shape index (κ2) is 10.4. The first-order chi connectivity index (χ1) is 16.1. The van der Waals surface area contributed by atoms with Gasteiger partial charge in [0.15, 0.2) is 0 Å². The second-order valence-electron chi connectivity index (χ2n) is 7.61. The molecule has 8 heteroatoms. The molecule has 2 aromatic rings. The van der Waals surface area contributed by atoms with E-state index >= 15 is 0 Å². The zero-order chi connectivity index (χ0) is 23.2. The highest BCUT2D eigenvalue weighted by Crippen LogP contribution is 2.34. The standard InChI is InChI=1S/C25H25N3O4S/c1-2-16-32-21-11-7-6-8-19(21)17-22-24(30)28(25(31)33-22)18-23(29)27-14-12-26(13-15-27)20-9-4-3-5-10-20/h2-11,17H,1,12-16,18H2/b22-17-. The van der Waals surface area contributed by atoms with Gasteiger partial charge in [-0.15, -0.1) is 0 Å². The minimum absolute atomic E-state index is 0.221. The molecule has 0 unspecified atom stereocenters. The van der Waals surface area contributed by atoms with E-state index in [9.17, 15) is 14.4 Å². The van der Waals surface area contributed by atoms with Crippen molar-refractivity contribution in [2.75, 3.05) is 44.2 Å². The fourth-order valence-corrected chi connectivity index (χ4v) is 4.57. The van der Waals surface area contributed by atoms with Crippen LogP contribution in [0, 0.1) is 0 Å². The molecule has 2 aromatic carbocycles. The lowest BCUT2D eigenvalue weighted by atomic mass is 10.2. The largest absolute Gasteiger partial charge is 0.489 e. The van der Waals surface area contributed by atoms with Crippen LogP contribution in [0.25, 0.3) is 6.08 Å². The zero-order valence-electron chi connectivity index (χ0n) is 18.2. The highest BCUT2D eigenvalue weighted by molar-refractivity contribution is 8.18. The van der Waals surface area contributed by atoms with E-state index in [0.717, 1.165) is 22.3 Å². The van der Waals surface area contributed by atoms with Crippen molar-refractivity contribution in [2.24, 2.45) is 0 Å². The molecule has 3 amide bonds. The van der Waals surface area contributed by atoms with Gasteiger partial charge in [-0.3, -0.25) is 19.3 Å². The molecular formula is C25H25N3O4S. The van der Waals surface area contributed by atoms with Crippen molar-refractivity contribution in [1.29, 1.82) is 0 Å². The third-order valence-electron chi connectivity index (χ3n) is 5.48. The van der Waals surface area contributed by atoms with Crippen molar-refractivity contribution >= 4 is 40.6 Å². The maximum absolute atomic E-state index is 12.9. The summed E-state index contributed by atoms with van der Waals surface area (Å²) in [4.78, 5) is 43.4. The number of carbonyl (C=O) groups is 3. The molecule has 0 spiro atoms. The number of rotatable bonds is 7. The van der Waals surface area contributed by atoms with Crippen molar-refractivity contribution in [1.82, 2.24) is 9.80 Å². The lowest BCUT2D eigenvalue weighted by Gasteiger charge is -2.36. The smallest absolute Gasteiger partial charge is 0.294 e. The lowest BCUT2D eigenvalue weighted by molar-refractivity contribution is -0.136. The number of piperazine rings is 1. The van der Waals surface area contributed by atoms with Crippen LogP contribution in [0.2, 0.25) is 0 Å². The third-order valence-corrected chi connectivity index (χ3v) is 6.39. The second-order valence-corrected chi connectivity index (χ2v) is 8.60. The van der Waals surface area contributed by atoms with Gasteiger partial charge >= 0.3 is 0 Å². The molecule has 2 fully saturated rings. The zero-order valence-corrected chi connectivity index (χ0v) is 19.0. The monoisotopic (exact) mass is 463 g/mol. The number of amides is 3. The average Bonchev–Trinajstić information content (AvgIpc) is 3.11. The Hall–Kier alpha value is -3.52. The van der Waals surface area contributed by atoms with Crippen LogP contribution in [-0.4, -0.2) is 66.2 Å².